The Morgan fingerprint density at radius 3 is 1.13 bits per heavy atom. The van der Waals surface area contributed by atoms with E-state index in [0.717, 1.165) is 0 Å². The van der Waals surface area contributed by atoms with Crippen LogP contribution in [0.4, 0.5) is 0 Å². The summed E-state index contributed by atoms with van der Waals surface area (Å²) in [6, 6.07) is 0. The van der Waals surface area contributed by atoms with Crippen molar-refractivity contribution in [2.24, 2.45) is 0 Å². The minimum atomic E-state index is 0. The molecule has 3 heteroatoms. The van der Waals surface area contributed by atoms with Gasteiger partial charge in [-0.15, -0.1) is 6.58 Å². The molecule has 0 aliphatic carbocycles. The molecule has 0 atom stereocenters. The van der Waals surface area contributed by atoms with Gasteiger partial charge in [-0.05, 0) is 6.92 Å². The first kappa shape index (κ1) is 29.5. The summed E-state index contributed by atoms with van der Waals surface area (Å²) in [5.74, 6) is 0. The number of thiocarbonyl (C=S) groups is 1. The first-order chi connectivity index (χ1) is 6.66. The number of nitrogens with zero attached hydrogens (tertiary/aromatic N) is 1. The molecule has 0 unspecified atom stereocenters. The molecular weight excluding hydrogens is 309 g/mol. The molecule has 0 aromatic heterocycles. The Hall–Kier alpha value is 0.339. The monoisotopic (exact) mass is 336 g/mol. The van der Waals surface area contributed by atoms with Gasteiger partial charge in [0.15, 0.2) is 0 Å². The molecular formula is C12H26NSSn-. The van der Waals surface area contributed by atoms with Crippen molar-refractivity contribution in [3.8, 4) is 0 Å². The summed E-state index contributed by atoms with van der Waals surface area (Å²) in [6.45, 7) is 14.0. The van der Waals surface area contributed by atoms with Crippen LogP contribution in [0.25, 0.3) is 5.41 Å². The van der Waals surface area contributed by atoms with Gasteiger partial charge in [0.1, 0.15) is 0 Å². The molecule has 0 aliphatic rings. The molecule has 0 N–H and O–H groups in total. The molecule has 4 radical (unpaired) electrons. The Balaban J connectivity index is -0.0000000293. The second-order valence-corrected chi connectivity index (χ2v) is 2.68. The number of isothiocyanates is 1. The third-order valence-corrected chi connectivity index (χ3v) is 1.000. The Labute approximate surface area is 119 Å². The number of hydrogen-bond donors (Lipinski definition) is 0. The topological polar surface area (TPSA) is 22.3 Å². The van der Waals surface area contributed by atoms with E-state index in [9.17, 15) is 0 Å². The van der Waals surface area contributed by atoms with Crippen molar-refractivity contribution in [2.45, 2.75) is 60.3 Å². The van der Waals surface area contributed by atoms with Gasteiger partial charge in [0.25, 0.3) is 0 Å². The van der Waals surface area contributed by atoms with Crippen molar-refractivity contribution in [3.05, 3.63) is 18.1 Å². The molecule has 15 heavy (non-hydrogen) atoms. The van der Waals surface area contributed by atoms with Crippen LogP contribution >= 0.6 is 12.2 Å². The van der Waals surface area contributed by atoms with Gasteiger partial charge < -0.3 is 5.41 Å². The van der Waals surface area contributed by atoms with Gasteiger partial charge in [0.05, 0.1) is 0 Å². The largest absolute Gasteiger partial charge is 0.753 e. The molecule has 0 amide bonds. The third kappa shape index (κ3) is 399. The molecule has 0 spiro atoms. The average Bonchev–Trinajstić information content (AvgIpc) is 2.20. The Bertz CT molecular complexity index is 91.8. The normalized spacial score (nSPS) is 5.40. The van der Waals surface area contributed by atoms with E-state index in [4.69, 9.17) is 5.41 Å². The van der Waals surface area contributed by atoms with Crippen molar-refractivity contribution >= 4 is 41.3 Å². The second-order valence-electron chi connectivity index (χ2n) is 2.50. The molecule has 90 valence electrons. The summed E-state index contributed by atoms with van der Waals surface area (Å²) >= 11 is 3.70. The zero-order valence-corrected chi connectivity index (χ0v) is 14.6. The maximum absolute atomic E-state index is 7.13. The fourth-order valence-electron chi connectivity index (χ4n) is 0. The molecule has 0 aromatic carbocycles. The minimum absolute atomic E-state index is 0. The molecule has 1 nitrogen and oxygen atoms in total. The third-order valence-electron chi connectivity index (χ3n) is 1.000. The van der Waals surface area contributed by atoms with E-state index in [1.807, 2.05) is 6.92 Å². The smallest absolute Gasteiger partial charge is 0 e. The Morgan fingerprint density at radius 1 is 1.07 bits per heavy atom. The predicted molar refractivity (Wildman–Crippen MR) is 78.7 cm³/mol. The summed E-state index contributed by atoms with van der Waals surface area (Å²) in [5, 5.41) is 8.47. The van der Waals surface area contributed by atoms with Crippen LogP contribution in [-0.2, 0) is 0 Å². The molecule has 0 heterocycles. The maximum atomic E-state index is 7.13. The standard InChI is InChI=1S/2C4H10.C3H6.CNS.Sn/c2*1-3-4-2;1-3-2;2-1-3;/h2*3-4H2,1-2H3;3H,1H2,2H3;;/q;;;-1;. The van der Waals surface area contributed by atoms with Crippen LogP contribution in [-0.4, -0.2) is 29.1 Å². The van der Waals surface area contributed by atoms with Gasteiger partial charge in [0, 0.05) is 23.9 Å². The van der Waals surface area contributed by atoms with Crippen LogP contribution in [0.3, 0.4) is 0 Å². The van der Waals surface area contributed by atoms with Crippen LogP contribution in [0.15, 0.2) is 12.7 Å². The number of allylic oxidation sites excluding steroid dienone is 1. The van der Waals surface area contributed by atoms with Crippen LogP contribution in [0.5, 0.6) is 0 Å². The van der Waals surface area contributed by atoms with Gasteiger partial charge in [0.2, 0.25) is 0 Å². The molecule has 0 fully saturated rings. The first-order valence-electron chi connectivity index (χ1n) is 5.24. The van der Waals surface area contributed by atoms with Crippen molar-refractivity contribution in [1.29, 1.82) is 0 Å². The quantitative estimate of drug-likeness (QED) is 0.298. The molecule has 0 saturated carbocycles. The summed E-state index contributed by atoms with van der Waals surface area (Å²) in [6.07, 6.45) is 7.03. The van der Waals surface area contributed by atoms with E-state index < -0.39 is 0 Å². The maximum Gasteiger partial charge on any atom is 0 e. The van der Waals surface area contributed by atoms with Crippen LogP contribution < -0.4 is 0 Å². The Morgan fingerprint density at radius 2 is 1.13 bits per heavy atom. The molecule has 0 saturated heterocycles. The van der Waals surface area contributed by atoms with Gasteiger partial charge in [-0.1, -0.05) is 71.7 Å². The number of hydrogen-bond acceptors (Lipinski definition) is 1. The zero-order valence-electron chi connectivity index (χ0n) is 11.0. The zero-order chi connectivity index (χ0) is 12.2. The molecule has 0 aromatic rings. The van der Waals surface area contributed by atoms with Gasteiger partial charge in [-0.3, -0.25) is 0 Å². The summed E-state index contributed by atoms with van der Waals surface area (Å²) in [4.78, 5) is 0. The average molecular weight is 335 g/mol. The van der Waals surface area contributed by atoms with E-state index in [2.05, 4.69) is 46.5 Å². The van der Waals surface area contributed by atoms with Crippen molar-refractivity contribution < 1.29 is 0 Å². The molecule has 0 aliphatic heterocycles. The van der Waals surface area contributed by atoms with Crippen LogP contribution in [0.1, 0.15) is 60.3 Å². The van der Waals surface area contributed by atoms with Crippen molar-refractivity contribution in [2.75, 3.05) is 0 Å². The van der Waals surface area contributed by atoms with Crippen LogP contribution in [0, 0.1) is 0 Å². The number of rotatable bonds is 2. The predicted octanol–water partition coefficient (Wildman–Crippen LogP) is 5.08. The number of unbranched alkanes of at least 4 members (excludes halogenated alkanes) is 2. The second kappa shape index (κ2) is 63.5. The summed E-state index contributed by atoms with van der Waals surface area (Å²) in [7, 11) is 0. The van der Waals surface area contributed by atoms with Crippen molar-refractivity contribution in [1.82, 2.24) is 0 Å². The van der Waals surface area contributed by atoms with E-state index >= 15 is 0 Å². The van der Waals surface area contributed by atoms with E-state index in [-0.39, 0.29) is 23.9 Å². The first-order valence-corrected chi connectivity index (χ1v) is 5.65. The van der Waals surface area contributed by atoms with E-state index in [1.54, 1.807) is 6.08 Å². The SMILES string of the molecule is C=CC.CCCC.CCCC.[N-]=C=S.[Sn]. The molecule has 0 bridgehead atoms. The van der Waals surface area contributed by atoms with E-state index in [1.165, 1.54) is 30.8 Å². The van der Waals surface area contributed by atoms with Gasteiger partial charge in [-0.2, -0.15) is 5.16 Å². The fraction of sp³-hybridized carbons (Fsp3) is 0.750. The Kier molecular flexibility index (Phi) is 125. The minimum Gasteiger partial charge on any atom is -0.753 e. The summed E-state index contributed by atoms with van der Waals surface area (Å²) < 4.78 is 0. The summed E-state index contributed by atoms with van der Waals surface area (Å²) in [5.41, 5.74) is 0. The van der Waals surface area contributed by atoms with Crippen molar-refractivity contribution in [3.63, 3.8) is 0 Å². The van der Waals surface area contributed by atoms with E-state index in [0.29, 0.717) is 0 Å². The van der Waals surface area contributed by atoms with Gasteiger partial charge in [-0.25, -0.2) is 0 Å². The molecule has 0 rings (SSSR count). The van der Waals surface area contributed by atoms with Gasteiger partial charge >= 0.3 is 0 Å². The van der Waals surface area contributed by atoms with Crippen LogP contribution in [0.2, 0.25) is 0 Å². The fourth-order valence-corrected chi connectivity index (χ4v) is 0.